The van der Waals surface area contributed by atoms with Crippen LogP contribution in [0.5, 0.6) is 0 Å². The summed E-state index contributed by atoms with van der Waals surface area (Å²) in [5.41, 5.74) is 3.07. The fraction of sp³-hybridized carbons (Fsp3) is 0.529. The van der Waals surface area contributed by atoms with E-state index in [0.717, 1.165) is 16.8 Å². The van der Waals surface area contributed by atoms with Gasteiger partial charge in [-0.2, -0.15) is 0 Å². The Hall–Kier alpha value is -1.88. The quantitative estimate of drug-likeness (QED) is 0.811. The van der Waals surface area contributed by atoms with Gasteiger partial charge in [0.05, 0.1) is 6.10 Å². The van der Waals surface area contributed by atoms with Gasteiger partial charge in [-0.3, -0.25) is 9.59 Å². The van der Waals surface area contributed by atoms with Crippen LogP contribution in [0.2, 0.25) is 0 Å². The largest absolute Gasteiger partial charge is 0.393 e. The lowest BCUT2D eigenvalue weighted by molar-refractivity contribution is -0.132. The average molecular weight is 304 g/mol. The van der Waals surface area contributed by atoms with Crippen molar-refractivity contribution in [2.24, 2.45) is 5.92 Å². The van der Waals surface area contributed by atoms with Crippen LogP contribution < -0.4 is 10.2 Å². The Morgan fingerprint density at radius 3 is 2.59 bits per heavy atom. The number of benzene rings is 1. The standard InChI is InChI=1S/C17H24N2O3/c1-11-8-12(2)10-14(9-11)19-7-5-15(17(19)22)16(21)18-6-4-13(3)20/h8-10,13,15,20H,4-7H2,1-3H3,(H,18,21). The van der Waals surface area contributed by atoms with Gasteiger partial charge in [-0.05, 0) is 56.9 Å². The Morgan fingerprint density at radius 2 is 2.00 bits per heavy atom. The van der Waals surface area contributed by atoms with Crippen LogP contribution in [-0.2, 0) is 9.59 Å². The predicted molar refractivity (Wildman–Crippen MR) is 85.7 cm³/mol. The van der Waals surface area contributed by atoms with E-state index in [1.165, 1.54) is 0 Å². The van der Waals surface area contributed by atoms with E-state index in [2.05, 4.69) is 11.4 Å². The molecular formula is C17H24N2O3. The number of hydrogen-bond donors (Lipinski definition) is 2. The number of rotatable bonds is 5. The third kappa shape index (κ3) is 3.85. The molecule has 120 valence electrons. The molecule has 0 bridgehead atoms. The van der Waals surface area contributed by atoms with Crippen LogP contribution in [0.3, 0.4) is 0 Å². The van der Waals surface area contributed by atoms with Gasteiger partial charge in [0.1, 0.15) is 5.92 Å². The van der Waals surface area contributed by atoms with E-state index in [9.17, 15) is 14.7 Å². The summed E-state index contributed by atoms with van der Waals surface area (Å²) in [7, 11) is 0. The molecule has 1 aromatic rings. The number of nitrogens with one attached hydrogen (secondary N) is 1. The third-order valence-electron chi connectivity index (χ3n) is 3.90. The lowest BCUT2D eigenvalue weighted by Crippen LogP contribution is -2.37. The van der Waals surface area contributed by atoms with Crippen molar-refractivity contribution in [1.82, 2.24) is 5.32 Å². The first-order valence-electron chi connectivity index (χ1n) is 7.74. The van der Waals surface area contributed by atoms with Crippen molar-refractivity contribution in [3.8, 4) is 0 Å². The summed E-state index contributed by atoms with van der Waals surface area (Å²) in [6.07, 6.45) is 0.575. The summed E-state index contributed by atoms with van der Waals surface area (Å²) in [5, 5.41) is 11.9. The second-order valence-corrected chi connectivity index (χ2v) is 6.11. The summed E-state index contributed by atoms with van der Waals surface area (Å²) in [4.78, 5) is 26.3. The molecular weight excluding hydrogens is 280 g/mol. The van der Waals surface area contributed by atoms with Crippen LogP contribution in [-0.4, -0.2) is 36.1 Å². The van der Waals surface area contributed by atoms with Gasteiger partial charge in [-0.25, -0.2) is 0 Å². The summed E-state index contributed by atoms with van der Waals surface area (Å²) >= 11 is 0. The first kappa shape index (κ1) is 16.5. The van der Waals surface area contributed by atoms with Crippen molar-refractivity contribution in [3.63, 3.8) is 0 Å². The van der Waals surface area contributed by atoms with E-state index >= 15 is 0 Å². The fourth-order valence-corrected chi connectivity index (χ4v) is 2.81. The molecule has 2 amide bonds. The maximum Gasteiger partial charge on any atom is 0.239 e. The maximum atomic E-state index is 12.5. The van der Waals surface area contributed by atoms with Crippen molar-refractivity contribution < 1.29 is 14.7 Å². The van der Waals surface area contributed by atoms with Crippen molar-refractivity contribution >= 4 is 17.5 Å². The van der Waals surface area contributed by atoms with Gasteiger partial charge in [0.15, 0.2) is 0 Å². The molecule has 0 aromatic heterocycles. The predicted octanol–water partition coefficient (Wildman–Crippen LogP) is 1.54. The molecule has 0 saturated carbocycles. The van der Waals surface area contributed by atoms with Crippen LogP contribution in [0.25, 0.3) is 0 Å². The molecule has 1 aliphatic heterocycles. The van der Waals surface area contributed by atoms with Crippen molar-refractivity contribution in [2.45, 2.75) is 39.7 Å². The third-order valence-corrected chi connectivity index (χ3v) is 3.90. The minimum atomic E-state index is -0.616. The van der Waals surface area contributed by atoms with Crippen LogP contribution >= 0.6 is 0 Å². The smallest absolute Gasteiger partial charge is 0.239 e. The Bertz CT molecular complexity index is 549. The van der Waals surface area contributed by atoms with Gasteiger partial charge < -0.3 is 15.3 Å². The Kier molecular flexibility index (Phi) is 5.19. The molecule has 22 heavy (non-hydrogen) atoms. The number of aryl methyl sites for hydroxylation is 2. The van der Waals surface area contributed by atoms with Crippen molar-refractivity contribution in [3.05, 3.63) is 29.3 Å². The first-order chi connectivity index (χ1) is 10.4. The summed E-state index contributed by atoms with van der Waals surface area (Å²) in [6.45, 7) is 6.63. The molecule has 2 unspecified atom stereocenters. The average Bonchev–Trinajstić information content (AvgIpc) is 2.79. The van der Waals surface area contributed by atoms with Crippen LogP contribution in [0.15, 0.2) is 18.2 Å². The summed E-state index contributed by atoms with van der Waals surface area (Å²) in [6, 6.07) is 6.00. The zero-order chi connectivity index (χ0) is 16.3. The number of carbonyl (C=O) groups is 2. The Morgan fingerprint density at radius 1 is 1.36 bits per heavy atom. The monoisotopic (exact) mass is 304 g/mol. The van der Waals surface area contributed by atoms with E-state index in [1.54, 1.807) is 11.8 Å². The van der Waals surface area contributed by atoms with Crippen LogP contribution in [0, 0.1) is 19.8 Å². The Balaban J connectivity index is 2.01. The molecule has 1 heterocycles. The number of anilines is 1. The molecule has 1 saturated heterocycles. The van der Waals surface area contributed by atoms with Crippen molar-refractivity contribution in [2.75, 3.05) is 18.0 Å². The zero-order valence-electron chi connectivity index (χ0n) is 13.4. The summed E-state index contributed by atoms with van der Waals surface area (Å²) in [5.74, 6) is -0.994. The molecule has 0 spiro atoms. The number of hydrogen-bond acceptors (Lipinski definition) is 3. The molecule has 2 atom stereocenters. The number of aliphatic hydroxyl groups excluding tert-OH is 1. The fourth-order valence-electron chi connectivity index (χ4n) is 2.81. The molecule has 0 aliphatic carbocycles. The van der Waals surface area contributed by atoms with Gasteiger partial charge in [-0.15, -0.1) is 0 Å². The lowest BCUT2D eigenvalue weighted by atomic mass is 10.1. The van der Waals surface area contributed by atoms with E-state index in [-0.39, 0.29) is 11.8 Å². The Labute approximate surface area is 131 Å². The highest BCUT2D eigenvalue weighted by molar-refractivity contribution is 6.09. The SMILES string of the molecule is Cc1cc(C)cc(N2CCC(C(=O)NCCC(C)O)C2=O)c1. The highest BCUT2D eigenvalue weighted by atomic mass is 16.3. The molecule has 1 aromatic carbocycles. The topological polar surface area (TPSA) is 69.6 Å². The molecule has 0 radical (unpaired) electrons. The highest BCUT2D eigenvalue weighted by Crippen LogP contribution is 2.27. The van der Waals surface area contributed by atoms with Gasteiger partial charge in [0, 0.05) is 18.8 Å². The second-order valence-electron chi connectivity index (χ2n) is 6.11. The van der Waals surface area contributed by atoms with Gasteiger partial charge in [-0.1, -0.05) is 6.07 Å². The van der Waals surface area contributed by atoms with Gasteiger partial charge in [0.2, 0.25) is 11.8 Å². The minimum absolute atomic E-state index is 0.139. The minimum Gasteiger partial charge on any atom is -0.393 e. The second kappa shape index (κ2) is 6.92. The molecule has 1 aliphatic rings. The van der Waals surface area contributed by atoms with E-state index < -0.39 is 12.0 Å². The molecule has 5 nitrogen and oxygen atoms in total. The molecule has 1 fully saturated rings. The molecule has 5 heteroatoms. The van der Waals surface area contributed by atoms with E-state index in [4.69, 9.17) is 0 Å². The number of aliphatic hydroxyl groups is 1. The van der Waals surface area contributed by atoms with Crippen LogP contribution in [0.1, 0.15) is 30.9 Å². The van der Waals surface area contributed by atoms with Crippen molar-refractivity contribution in [1.29, 1.82) is 0 Å². The zero-order valence-corrected chi connectivity index (χ0v) is 13.4. The normalized spacial score (nSPS) is 19.4. The van der Waals surface area contributed by atoms with E-state index in [1.807, 2.05) is 26.0 Å². The van der Waals surface area contributed by atoms with Crippen LogP contribution in [0.4, 0.5) is 5.69 Å². The van der Waals surface area contributed by atoms with Gasteiger partial charge >= 0.3 is 0 Å². The van der Waals surface area contributed by atoms with Gasteiger partial charge in [0.25, 0.3) is 0 Å². The highest BCUT2D eigenvalue weighted by Gasteiger charge is 2.37. The van der Waals surface area contributed by atoms with E-state index in [0.29, 0.717) is 25.9 Å². The molecule has 2 N–H and O–H groups in total. The summed E-state index contributed by atoms with van der Waals surface area (Å²) < 4.78 is 0. The molecule has 2 rings (SSSR count). The number of nitrogens with zero attached hydrogens (tertiary/aromatic N) is 1. The first-order valence-corrected chi connectivity index (χ1v) is 7.74. The number of carbonyl (C=O) groups excluding carboxylic acids is 2. The lowest BCUT2D eigenvalue weighted by Gasteiger charge is -2.18. The number of amides is 2. The maximum absolute atomic E-state index is 12.5.